The zero-order valence-electron chi connectivity index (χ0n) is 12.6. The number of nitrogens with zero attached hydrogens (tertiary/aromatic N) is 2. The highest BCUT2D eigenvalue weighted by molar-refractivity contribution is 5.90. The summed E-state index contributed by atoms with van der Waals surface area (Å²) in [5, 5.41) is 27.0. The van der Waals surface area contributed by atoms with Crippen LogP contribution in [0.25, 0.3) is 0 Å². The van der Waals surface area contributed by atoms with Gasteiger partial charge in [0.2, 0.25) is 0 Å². The molecule has 0 saturated carbocycles. The fraction of sp³-hybridized carbons (Fsp3) is 0.833. The van der Waals surface area contributed by atoms with Gasteiger partial charge in [0.15, 0.2) is 0 Å². The maximum Gasteiger partial charge on any atom is 0.0807 e. The van der Waals surface area contributed by atoms with Gasteiger partial charge in [-0.25, -0.2) is 0 Å². The first-order valence-electron chi connectivity index (χ1n) is 6.19. The number of nitrogens with one attached hydrogen (secondary N) is 2. The van der Waals surface area contributed by atoms with Gasteiger partial charge in [0, 0.05) is 6.54 Å². The van der Waals surface area contributed by atoms with Crippen molar-refractivity contribution in [3.8, 4) is 0 Å². The average Bonchev–Trinajstić information content (AvgIpc) is 2.35. The molecule has 4 N–H and O–H groups in total. The van der Waals surface area contributed by atoms with Crippen molar-refractivity contribution in [2.45, 2.75) is 52.6 Å². The second-order valence-electron chi connectivity index (χ2n) is 5.50. The zero-order valence-corrected chi connectivity index (χ0v) is 12.6. The number of rotatable bonds is 8. The summed E-state index contributed by atoms with van der Waals surface area (Å²) in [5.74, 6) is 0. The predicted octanol–water partition coefficient (Wildman–Crippen LogP) is 1.35. The van der Waals surface area contributed by atoms with Crippen LogP contribution >= 0.6 is 0 Å². The molecule has 0 unspecified atom stereocenters. The molecule has 0 aliphatic rings. The van der Waals surface area contributed by atoms with Crippen LogP contribution in [-0.4, -0.2) is 46.1 Å². The molecular weight excluding hydrogens is 248 g/mol. The third-order valence-electron chi connectivity index (χ3n) is 3.21. The van der Waals surface area contributed by atoms with Crippen molar-refractivity contribution in [1.29, 1.82) is 0 Å². The molecular formula is C12H26N4O3. The van der Waals surface area contributed by atoms with Gasteiger partial charge >= 0.3 is 0 Å². The van der Waals surface area contributed by atoms with Crippen molar-refractivity contribution < 1.29 is 15.3 Å². The summed E-state index contributed by atoms with van der Waals surface area (Å²) < 4.78 is 0. The molecule has 0 aromatic heterocycles. The van der Waals surface area contributed by atoms with E-state index in [0.717, 1.165) is 0 Å². The molecule has 7 heteroatoms. The molecule has 0 rings (SSSR count). The van der Waals surface area contributed by atoms with Crippen LogP contribution in [0.5, 0.6) is 0 Å². The van der Waals surface area contributed by atoms with Crippen molar-refractivity contribution in [3.05, 3.63) is 0 Å². The highest BCUT2D eigenvalue weighted by Gasteiger charge is 2.23. The van der Waals surface area contributed by atoms with Crippen LogP contribution in [0.1, 0.15) is 41.5 Å². The first-order chi connectivity index (χ1) is 8.67. The fourth-order valence-corrected chi connectivity index (χ4v) is 1.10. The van der Waals surface area contributed by atoms with Crippen LogP contribution in [0.4, 0.5) is 0 Å². The minimum Gasteiger partial charge on any atom is -0.411 e. The minimum absolute atomic E-state index is 0.393. The van der Waals surface area contributed by atoms with E-state index in [1.807, 2.05) is 27.7 Å². The van der Waals surface area contributed by atoms with Gasteiger partial charge in [0.05, 0.1) is 29.1 Å². The molecule has 112 valence electrons. The van der Waals surface area contributed by atoms with Gasteiger partial charge in [-0.2, -0.15) is 5.48 Å². The highest BCUT2D eigenvalue weighted by Crippen LogP contribution is 2.06. The quantitative estimate of drug-likeness (QED) is 0.232. The van der Waals surface area contributed by atoms with Crippen molar-refractivity contribution in [1.82, 2.24) is 10.8 Å². The molecule has 0 radical (unpaired) electrons. The summed E-state index contributed by atoms with van der Waals surface area (Å²) in [6, 6.07) is 0. The molecule has 0 heterocycles. The second kappa shape index (κ2) is 7.42. The standard InChI is InChI=1S/C12H26N4O3/c1-9(14-17)11(3,4)13-7-8-19-16-12(5,6)10(2)15-18/h13,16-18H,7-8H2,1-6H3. The summed E-state index contributed by atoms with van der Waals surface area (Å²) in [5.41, 5.74) is 3.03. The summed E-state index contributed by atoms with van der Waals surface area (Å²) in [7, 11) is 0. The Morgan fingerprint density at radius 2 is 1.47 bits per heavy atom. The molecule has 19 heavy (non-hydrogen) atoms. The van der Waals surface area contributed by atoms with Crippen LogP contribution in [0.15, 0.2) is 10.3 Å². The molecule has 0 saturated heterocycles. The van der Waals surface area contributed by atoms with E-state index in [1.165, 1.54) is 0 Å². The van der Waals surface area contributed by atoms with Gasteiger partial charge < -0.3 is 15.7 Å². The highest BCUT2D eigenvalue weighted by atomic mass is 16.6. The average molecular weight is 274 g/mol. The summed E-state index contributed by atoms with van der Waals surface area (Å²) in [4.78, 5) is 5.32. The molecule has 0 fully saturated rings. The molecule has 0 aliphatic heterocycles. The first kappa shape index (κ1) is 17.8. The monoisotopic (exact) mass is 274 g/mol. The Bertz CT molecular complexity index is 306. The fourth-order valence-electron chi connectivity index (χ4n) is 1.10. The Labute approximate surface area is 114 Å². The Balaban J connectivity index is 4.02. The maximum atomic E-state index is 8.74. The smallest absolute Gasteiger partial charge is 0.0807 e. The predicted molar refractivity (Wildman–Crippen MR) is 75.0 cm³/mol. The number of hydrogen-bond acceptors (Lipinski definition) is 7. The Kier molecular flexibility index (Phi) is 6.96. The van der Waals surface area contributed by atoms with E-state index >= 15 is 0 Å². The van der Waals surface area contributed by atoms with Gasteiger partial charge in [-0.3, -0.25) is 4.84 Å². The van der Waals surface area contributed by atoms with Crippen molar-refractivity contribution in [3.63, 3.8) is 0 Å². The molecule has 0 aromatic carbocycles. The molecule has 0 aliphatic carbocycles. The van der Waals surface area contributed by atoms with Gasteiger partial charge in [-0.05, 0) is 41.5 Å². The van der Waals surface area contributed by atoms with Crippen molar-refractivity contribution in [2.24, 2.45) is 10.3 Å². The molecule has 0 amide bonds. The van der Waals surface area contributed by atoms with E-state index in [1.54, 1.807) is 13.8 Å². The van der Waals surface area contributed by atoms with Crippen LogP contribution in [0.2, 0.25) is 0 Å². The summed E-state index contributed by atoms with van der Waals surface area (Å²) >= 11 is 0. The normalized spacial score (nSPS) is 14.8. The Morgan fingerprint density at radius 1 is 1.00 bits per heavy atom. The second-order valence-corrected chi connectivity index (χ2v) is 5.50. The summed E-state index contributed by atoms with van der Waals surface area (Å²) in [6.45, 7) is 12.0. The molecule has 0 aromatic rings. The van der Waals surface area contributed by atoms with Crippen molar-refractivity contribution in [2.75, 3.05) is 13.2 Å². The molecule has 0 bridgehead atoms. The lowest BCUT2D eigenvalue weighted by Gasteiger charge is -2.27. The van der Waals surface area contributed by atoms with E-state index in [0.29, 0.717) is 24.6 Å². The molecule has 0 atom stereocenters. The van der Waals surface area contributed by atoms with Gasteiger partial charge in [0.25, 0.3) is 0 Å². The first-order valence-corrected chi connectivity index (χ1v) is 6.19. The van der Waals surface area contributed by atoms with Gasteiger partial charge in [0.1, 0.15) is 0 Å². The number of oxime groups is 2. The van der Waals surface area contributed by atoms with E-state index in [2.05, 4.69) is 21.1 Å². The third kappa shape index (κ3) is 6.00. The van der Waals surface area contributed by atoms with E-state index < -0.39 is 11.1 Å². The number of hydroxylamine groups is 1. The van der Waals surface area contributed by atoms with Crippen LogP contribution < -0.4 is 10.8 Å². The van der Waals surface area contributed by atoms with Crippen LogP contribution in [-0.2, 0) is 4.84 Å². The Hall–Kier alpha value is -1.18. The van der Waals surface area contributed by atoms with Gasteiger partial charge in [-0.15, -0.1) is 0 Å². The SMILES string of the molecule is CC(=NO)C(C)(C)NCCONC(C)(C)C(C)=NO. The van der Waals surface area contributed by atoms with E-state index in [9.17, 15) is 0 Å². The lowest BCUT2D eigenvalue weighted by Crippen LogP contribution is -2.49. The number of hydrogen-bond donors (Lipinski definition) is 4. The van der Waals surface area contributed by atoms with Crippen molar-refractivity contribution >= 4 is 11.4 Å². The lowest BCUT2D eigenvalue weighted by molar-refractivity contribution is 0.00865. The maximum absolute atomic E-state index is 8.74. The Morgan fingerprint density at radius 3 is 1.95 bits per heavy atom. The van der Waals surface area contributed by atoms with Gasteiger partial charge in [-0.1, -0.05) is 10.3 Å². The third-order valence-corrected chi connectivity index (χ3v) is 3.21. The summed E-state index contributed by atoms with van der Waals surface area (Å²) in [6.07, 6.45) is 0. The minimum atomic E-state index is -0.535. The van der Waals surface area contributed by atoms with Crippen LogP contribution in [0.3, 0.4) is 0 Å². The van der Waals surface area contributed by atoms with E-state index in [4.69, 9.17) is 15.3 Å². The lowest BCUT2D eigenvalue weighted by atomic mass is 10.00. The largest absolute Gasteiger partial charge is 0.411 e. The topological polar surface area (TPSA) is 98.5 Å². The van der Waals surface area contributed by atoms with E-state index in [-0.39, 0.29) is 0 Å². The molecule has 7 nitrogen and oxygen atoms in total. The molecule has 0 spiro atoms. The zero-order chi connectivity index (χ0) is 15.1. The van der Waals surface area contributed by atoms with Crippen LogP contribution in [0, 0.1) is 0 Å².